The van der Waals surface area contributed by atoms with E-state index in [1.54, 1.807) is 23.1 Å². The third kappa shape index (κ3) is 2.27. The van der Waals surface area contributed by atoms with Crippen LogP contribution in [0, 0.1) is 0 Å². The summed E-state index contributed by atoms with van der Waals surface area (Å²) in [4.78, 5) is 8.75. The zero-order chi connectivity index (χ0) is 9.97. The minimum Gasteiger partial charge on any atom is -0.356 e. The zero-order valence-electron chi connectivity index (χ0n) is 8.23. The van der Waals surface area contributed by atoms with Crippen LogP contribution >= 0.6 is 23.1 Å². The maximum Gasteiger partial charge on any atom is 0.157 e. The number of nitrogens with zero attached hydrogens (tertiary/aromatic N) is 2. The maximum atomic E-state index is 4.48. The molecule has 0 saturated carbocycles. The molecule has 1 aliphatic heterocycles. The fraction of sp³-hybridized carbons (Fsp3) is 0.556. The summed E-state index contributed by atoms with van der Waals surface area (Å²) in [6.07, 6.45) is 1.84. The molecule has 1 aromatic heterocycles. The van der Waals surface area contributed by atoms with E-state index in [0.29, 0.717) is 6.04 Å². The lowest BCUT2D eigenvalue weighted by Crippen LogP contribution is -2.22. The first-order chi connectivity index (χ1) is 6.75. The lowest BCUT2D eigenvalue weighted by molar-refractivity contribution is 0.712. The third-order valence-electron chi connectivity index (χ3n) is 1.96. The number of aliphatic imine (C=N–C) groups is 1. The van der Waals surface area contributed by atoms with Crippen molar-refractivity contribution in [3.05, 3.63) is 16.6 Å². The Morgan fingerprint density at radius 3 is 3.07 bits per heavy atom. The number of thioether (sulfide) groups is 1. The summed E-state index contributed by atoms with van der Waals surface area (Å²) >= 11 is 3.47. The van der Waals surface area contributed by atoms with Gasteiger partial charge in [0.15, 0.2) is 5.17 Å². The van der Waals surface area contributed by atoms with Crippen molar-refractivity contribution in [3.8, 4) is 0 Å². The molecule has 2 atom stereocenters. The van der Waals surface area contributed by atoms with E-state index in [4.69, 9.17) is 0 Å². The Morgan fingerprint density at radius 2 is 2.50 bits per heavy atom. The first-order valence-corrected chi connectivity index (χ1v) is 6.49. The second-order valence-electron chi connectivity index (χ2n) is 3.33. The van der Waals surface area contributed by atoms with Gasteiger partial charge in [0.2, 0.25) is 0 Å². The lowest BCUT2D eigenvalue weighted by atomic mass is 10.4. The quantitative estimate of drug-likeness (QED) is 0.842. The largest absolute Gasteiger partial charge is 0.356 e. The van der Waals surface area contributed by atoms with Crippen LogP contribution in [-0.4, -0.2) is 21.9 Å². The SMILES string of the molecule is CC1CSC(NC(C)c2nccs2)=N1. The van der Waals surface area contributed by atoms with Crippen molar-refractivity contribution in [2.45, 2.75) is 25.9 Å². The normalized spacial score (nSPS) is 23.3. The molecule has 1 aliphatic rings. The molecule has 2 rings (SSSR count). The van der Waals surface area contributed by atoms with Crippen LogP contribution in [0.4, 0.5) is 0 Å². The van der Waals surface area contributed by atoms with Crippen LogP contribution in [0.2, 0.25) is 0 Å². The number of aromatic nitrogens is 1. The number of rotatable bonds is 2. The zero-order valence-corrected chi connectivity index (χ0v) is 9.86. The number of hydrogen-bond donors (Lipinski definition) is 1. The average Bonchev–Trinajstić information content (AvgIpc) is 2.75. The monoisotopic (exact) mass is 227 g/mol. The van der Waals surface area contributed by atoms with Crippen molar-refractivity contribution < 1.29 is 0 Å². The van der Waals surface area contributed by atoms with Crippen LogP contribution in [0.5, 0.6) is 0 Å². The summed E-state index contributed by atoms with van der Waals surface area (Å²) in [7, 11) is 0. The topological polar surface area (TPSA) is 37.3 Å². The molecular formula is C9H13N3S2. The van der Waals surface area contributed by atoms with Gasteiger partial charge in [-0.15, -0.1) is 11.3 Å². The Bertz CT molecular complexity index is 321. The van der Waals surface area contributed by atoms with Gasteiger partial charge in [-0.1, -0.05) is 11.8 Å². The van der Waals surface area contributed by atoms with E-state index in [1.165, 1.54) is 0 Å². The molecule has 1 aromatic rings. The summed E-state index contributed by atoms with van der Waals surface area (Å²) < 4.78 is 0. The van der Waals surface area contributed by atoms with Crippen LogP contribution in [0.15, 0.2) is 16.6 Å². The molecule has 0 spiro atoms. The Labute approximate surface area is 92.0 Å². The molecule has 0 amide bonds. The van der Waals surface area contributed by atoms with Crippen LogP contribution in [0.25, 0.3) is 0 Å². The van der Waals surface area contributed by atoms with Crippen molar-refractivity contribution in [1.82, 2.24) is 10.3 Å². The minimum atomic E-state index is 0.270. The molecule has 0 radical (unpaired) electrons. The van der Waals surface area contributed by atoms with E-state index in [2.05, 4.69) is 29.1 Å². The molecule has 1 N–H and O–H groups in total. The van der Waals surface area contributed by atoms with Crippen molar-refractivity contribution in [2.75, 3.05) is 5.75 Å². The number of amidine groups is 1. The highest BCUT2D eigenvalue weighted by molar-refractivity contribution is 8.14. The van der Waals surface area contributed by atoms with Gasteiger partial charge in [-0.3, -0.25) is 4.99 Å². The number of thiazole rings is 1. The van der Waals surface area contributed by atoms with Gasteiger partial charge >= 0.3 is 0 Å². The van der Waals surface area contributed by atoms with Crippen LogP contribution in [0.1, 0.15) is 24.9 Å². The molecule has 3 nitrogen and oxygen atoms in total. The highest BCUT2D eigenvalue weighted by Gasteiger charge is 2.16. The third-order valence-corrected chi connectivity index (χ3v) is 4.06. The second kappa shape index (κ2) is 4.31. The predicted molar refractivity (Wildman–Crippen MR) is 63.0 cm³/mol. The molecule has 0 aliphatic carbocycles. The summed E-state index contributed by atoms with van der Waals surface area (Å²) in [6, 6.07) is 0.720. The van der Waals surface area contributed by atoms with Gasteiger partial charge in [-0.25, -0.2) is 4.98 Å². The van der Waals surface area contributed by atoms with Crippen molar-refractivity contribution in [2.24, 2.45) is 4.99 Å². The van der Waals surface area contributed by atoms with Gasteiger partial charge in [-0.2, -0.15) is 0 Å². The van der Waals surface area contributed by atoms with E-state index in [0.717, 1.165) is 15.9 Å². The standard InChI is InChI=1S/C9H13N3S2/c1-6-5-14-9(11-6)12-7(2)8-10-3-4-13-8/h3-4,6-7H,5H2,1-2H3,(H,11,12). The Kier molecular flexibility index (Phi) is 3.08. The highest BCUT2D eigenvalue weighted by Crippen LogP contribution is 2.20. The molecule has 2 unspecified atom stereocenters. The van der Waals surface area contributed by atoms with Gasteiger partial charge in [0.05, 0.1) is 12.1 Å². The summed E-state index contributed by atoms with van der Waals surface area (Å²) in [5, 5.41) is 7.55. The van der Waals surface area contributed by atoms with E-state index < -0.39 is 0 Å². The second-order valence-corrected chi connectivity index (χ2v) is 5.27. The molecular weight excluding hydrogens is 214 g/mol. The molecule has 76 valence electrons. The number of nitrogens with one attached hydrogen (secondary N) is 1. The smallest absolute Gasteiger partial charge is 0.157 e. The van der Waals surface area contributed by atoms with Crippen LogP contribution in [0.3, 0.4) is 0 Å². The molecule has 0 bridgehead atoms. The number of hydrogen-bond acceptors (Lipinski definition) is 5. The minimum absolute atomic E-state index is 0.270. The van der Waals surface area contributed by atoms with E-state index in [1.807, 2.05) is 11.6 Å². The highest BCUT2D eigenvalue weighted by atomic mass is 32.2. The summed E-state index contributed by atoms with van der Waals surface area (Å²) in [5.74, 6) is 1.09. The fourth-order valence-corrected chi connectivity index (χ4v) is 2.88. The van der Waals surface area contributed by atoms with Crippen molar-refractivity contribution in [1.29, 1.82) is 0 Å². The van der Waals surface area contributed by atoms with Gasteiger partial charge in [-0.05, 0) is 13.8 Å². The summed E-state index contributed by atoms with van der Waals surface area (Å²) in [5.41, 5.74) is 0. The average molecular weight is 227 g/mol. The van der Waals surface area contributed by atoms with Crippen molar-refractivity contribution >= 4 is 28.3 Å². The van der Waals surface area contributed by atoms with Gasteiger partial charge < -0.3 is 5.32 Å². The molecule has 2 heterocycles. The molecule has 0 aromatic carbocycles. The maximum absolute atomic E-state index is 4.48. The van der Waals surface area contributed by atoms with Gasteiger partial charge in [0.1, 0.15) is 5.01 Å². The Balaban J connectivity index is 1.95. The van der Waals surface area contributed by atoms with E-state index >= 15 is 0 Å². The van der Waals surface area contributed by atoms with E-state index in [9.17, 15) is 0 Å². The first-order valence-electron chi connectivity index (χ1n) is 4.62. The fourth-order valence-electron chi connectivity index (χ4n) is 1.25. The molecule has 14 heavy (non-hydrogen) atoms. The van der Waals surface area contributed by atoms with Gasteiger partial charge in [0, 0.05) is 17.3 Å². The van der Waals surface area contributed by atoms with E-state index in [-0.39, 0.29) is 6.04 Å². The van der Waals surface area contributed by atoms with Gasteiger partial charge in [0.25, 0.3) is 0 Å². The molecule has 0 saturated heterocycles. The van der Waals surface area contributed by atoms with Crippen molar-refractivity contribution in [3.63, 3.8) is 0 Å². The Hall–Kier alpha value is -0.550. The van der Waals surface area contributed by atoms with Crippen LogP contribution < -0.4 is 5.32 Å². The molecule has 0 fully saturated rings. The molecule has 5 heteroatoms. The first kappa shape index (κ1) is 9.98. The summed E-state index contributed by atoms with van der Waals surface area (Å²) in [6.45, 7) is 4.25. The van der Waals surface area contributed by atoms with Crippen LogP contribution in [-0.2, 0) is 0 Å². The predicted octanol–water partition coefficient (Wildman–Crippen LogP) is 2.29. The Morgan fingerprint density at radius 1 is 1.64 bits per heavy atom. The lowest BCUT2D eigenvalue weighted by Gasteiger charge is -2.10.